The van der Waals surface area contributed by atoms with E-state index in [1.165, 1.54) is 4.90 Å². The summed E-state index contributed by atoms with van der Waals surface area (Å²) in [5.74, 6) is -1.84. The van der Waals surface area contributed by atoms with E-state index in [9.17, 15) is 24.3 Å². The van der Waals surface area contributed by atoms with Gasteiger partial charge in [0.1, 0.15) is 17.7 Å². The zero-order chi connectivity index (χ0) is 28.3. The first-order valence-electron chi connectivity index (χ1n) is 12.6. The minimum Gasteiger partial charge on any atom is -0.466 e. The lowest BCUT2D eigenvalue weighted by Gasteiger charge is -2.36. The minimum absolute atomic E-state index is 0.0179. The van der Waals surface area contributed by atoms with Gasteiger partial charge in [0.15, 0.2) is 0 Å². The van der Waals surface area contributed by atoms with Crippen molar-refractivity contribution in [1.82, 2.24) is 15.5 Å². The number of carbonyl (C=O) groups is 4. The molecule has 3 N–H and O–H groups in total. The molecule has 1 aromatic rings. The van der Waals surface area contributed by atoms with E-state index in [2.05, 4.69) is 10.6 Å². The SMILES string of the molecule is CCOC(=O)CCNC(=O)C(c1c(C)cccc1C)N(CCO)C(=O)C(NC(=O)OC(C)(C)C)C(C)C. The first kappa shape index (κ1) is 31.9. The number of aryl methyl sites for hydroxylation is 2. The first-order chi connectivity index (χ1) is 17.2. The van der Waals surface area contributed by atoms with Crippen molar-refractivity contribution < 1.29 is 33.8 Å². The number of ether oxygens (including phenoxy) is 2. The Labute approximate surface area is 220 Å². The van der Waals surface area contributed by atoms with Crippen LogP contribution in [0.5, 0.6) is 0 Å². The van der Waals surface area contributed by atoms with Gasteiger partial charge in [-0.05, 0) is 64.2 Å². The number of rotatable bonds is 12. The Kier molecular flexibility index (Phi) is 12.6. The van der Waals surface area contributed by atoms with Gasteiger partial charge in [-0.3, -0.25) is 14.4 Å². The summed E-state index contributed by atoms with van der Waals surface area (Å²) in [7, 11) is 0. The molecule has 0 heterocycles. The topological polar surface area (TPSA) is 134 Å². The molecule has 2 atom stereocenters. The number of amides is 3. The number of alkyl carbamates (subject to hydrolysis) is 1. The fraction of sp³-hybridized carbons (Fsp3) is 0.630. The van der Waals surface area contributed by atoms with E-state index in [1.807, 2.05) is 32.0 Å². The van der Waals surface area contributed by atoms with E-state index in [-0.39, 0.29) is 32.0 Å². The van der Waals surface area contributed by atoms with Gasteiger partial charge in [-0.15, -0.1) is 0 Å². The van der Waals surface area contributed by atoms with Gasteiger partial charge in [-0.2, -0.15) is 0 Å². The lowest BCUT2D eigenvalue weighted by atomic mass is 9.92. The molecule has 0 aliphatic carbocycles. The van der Waals surface area contributed by atoms with E-state index in [4.69, 9.17) is 9.47 Å². The molecule has 0 aliphatic rings. The summed E-state index contributed by atoms with van der Waals surface area (Å²) in [4.78, 5) is 53.0. The third kappa shape index (κ3) is 10.0. The molecule has 10 heteroatoms. The number of esters is 1. The average molecular weight is 522 g/mol. The summed E-state index contributed by atoms with van der Waals surface area (Å²) in [5.41, 5.74) is 1.40. The zero-order valence-corrected chi connectivity index (χ0v) is 23.3. The van der Waals surface area contributed by atoms with Crippen LogP contribution in [0.1, 0.15) is 70.7 Å². The molecule has 0 aliphatic heterocycles. The molecule has 37 heavy (non-hydrogen) atoms. The maximum atomic E-state index is 13.9. The Morgan fingerprint density at radius 3 is 2.16 bits per heavy atom. The molecular formula is C27H43N3O7. The van der Waals surface area contributed by atoms with Gasteiger partial charge >= 0.3 is 12.1 Å². The second kappa shape index (κ2) is 14.6. The van der Waals surface area contributed by atoms with Crippen LogP contribution in [0, 0.1) is 19.8 Å². The molecule has 0 saturated heterocycles. The van der Waals surface area contributed by atoms with Crippen molar-refractivity contribution in [2.45, 2.75) is 79.5 Å². The van der Waals surface area contributed by atoms with Crippen molar-refractivity contribution in [3.05, 3.63) is 34.9 Å². The summed E-state index contributed by atoms with van der Waals surface area (Å²) in [6.07, 6.45) is -0.784. The standard InChI is InChI=1S/C27H43N3O7/c1-9-36-20(32)13-14-28-24(33)23(21-18(4)11-10-12-19(21)5)30(15-16-31)25(34)22(17(2)3)29-26(35)37-27(6,7)8/h10-12,17,22-23,31H,9,13-16H2,1-8H3,(H,28,33)(H,29,35). The van der Waals surface area contributed by atoms with Crippen LogP contribution in [-0.4, -0.2) is 71.8 Å². The van der Waals surface area contributed by atoms with Crippen molar-refractivity contribution in [2.75, 3.05) is 26.3 Å². The maximum absolute atomic E-state index is 13.9. The Bertz CT molecular complexity index is 920. The van der Waals surface area contributed by atoms with Gasteiger partial charge < -0.3 is 30.1 Å². The molecule has 0 saturated carbocycles. The maximum Gasteiger partial charge on any atom is 0.408 e. The number of nitrogens with one attached hydrogen (secondary N) is 2. The highest BCUT2D eigenvalue weighted by atomic mass is 16.6. The highest BCUT2D eigenvalue weighted by Crippen LogP contribution is 2.29. The molecule has 0 radical (unpaired) electrons. The Morgan fingerprint density at radius 1 is 1.08 bits per heavy atom. The molecule has 10 nitrogen and oxygen atoms in total. The highest BCUT2D eigenvalue weighted by molar-refractivity contribution is 5.92. The van der Waals surface area contributed by atoms with Crippen LogP contribution in [0.25, 0.3) is 0 Å². The number of aliphatic hydroxyl groups is 1. The third-order valence-electron chi connectivity index (χ3n) is 5.54. The highest BCUT2D eigenvalue weighted by Gasteiger charge is 2.38. The quantitative estimate of drug-likeness (QED) is 0.360. The summed E-state index contributed by atoms with van der Waals surface area (Å²) >= 11 is 0. The van der Waals surface area contributed by atoms with Gasteiger partial charge in [-0.25, -0.2) is 4.79 Å². The summed E-state index contributed by atoms with van der Waals surface area (Å²) in [6, 6.07) is 3.40. The molecule has 1 rings (SSSR count). The zero-order valence-electron chi connectivity index (χ0n) is 23.3. The van der Waals surface area contributed by atoms with Gasteiger partial charge in [-0.1, -0.05) is 32.0 Å². The molecule has 1 aromatic carbocycles. The fourth-order valence-electron chi connectivity index (χ4n) is 3.91. The second-order valence-corrected chi connectivity index (χ2v) is 10.2. The van der Waals surface area contributed by atoms with Crippen LogP contribution >= 0.6 is 0 Å². The van der Waals surface area contributed by atoms with Crippen LogP contribution in [0.3, 0.4) is 0 Å². The molecule has 3 amide bonds. The van der Waals surface area contributed by atoms with Gasteiger partial charge in [0, 0.05) is 13.1 Å². The molecule has 208 valence electrons. The molecular weight excluding hydrogens is 478 g/mol. The normalized spacial score (nSPS) is 12.9. The molecule has 0 spiro atoms. The molecule has 0 aromatic heterocycles. The van der Waals surface area contributed by atoms with E-state index in [0.717, 1.165) is 11.1 Å². The van der Waals surface area contributed by atoms with Crippen molar-refractivity contribution in [1.29, 1.82) is 0 Å². The smallest absolute Gasteiger partial charge is 0.408 e. The van der Waals surface area contributed by atoms with Gasteiger partial charge in [0.05, 0.1) is 19.6 Å². The van der Waals surface area contributed by atoms with Gasteiger partial charge in [0.25, 0.3) is 0 Å². The Balaban J connectivity index is 3.42. The largest absolute Gasteiger partial charge is 0.466 e. The van der Waals surface area contributed by atoms with Crippen molar-refractivity contribution in [2.24, 2.45) is 5.92 Å². The van der Waals surface area contributed by atoms with Crippen molar-refractivity contribution >= 4 is 23.9 Å². The van der Waals surface area contributed by atoms with E-state index >= 15 is 0 Å². The molecule has 0 bridgehead atoms. The third-order valence-corrected chi connectivity index (χ3v) is 5.54. The summed E-state index contributed by atoms with van der Waals surface area (Å²) < 4.78 is 10.3. The number of nitrogens with zero attached hydrogens (tertiary/aromatic N) is 1. The van der Waals surface area contributed by atoms with Crippen LogP contribution in [-0.2, 0) is 23.9 Å². The lowest BCUT2D eigenvalue weighted by molar-refractivity contribution is -0.145. The van der Waals surface area contributed by atoms with E-state index in [0.29, 0.717) is 5.56 Å². The van der Waals surface area contributed by atoms with Crippen LogP contribution in [0.4, 0.5) is 4.79 Å². The average Bonchev–Trinajstić information content (AvgIpc) is 2.77. The summed E-state index contributed by atoms with van der Waals surface area (Å²) in [5, 5.41) is 15.2. The van der Waals surface area contributed by atoms with Crippen LogP contribution in [0.15, 0.2) is 18.2 Å². The van der Waals surface area contributed by atoms with E-state index < -0.39 is 48.2 Å². The molecule has 0 fully saturated rings. The van der Waals surface area contributed by atoms with Gasteiger partial charge in [0.2, 0.25) is 11.8 Å². The van der Waals surface area contributed by atoms with Crippen molar-refractivity contribution in [3.8, 4) is 0 Å². The molecule has 2 unspecified atom stereocenters. The fourth-order valence-corrected chi connectivity index (χ4v) is 3.91. The Morgan fingerprint density at radius 2 is 1.68 bits per heavy atom. The summed E-state index contributed by atoms with van der Waals surface area (Å²) in [6.45, 7) is 13.8. The number of hydrogen-bond acceptors (Lipinski definition) is 7. The van der Waals surface area contributed by atoms with E-state index in [1.54, 1.807) is 41.5 Å². The number of aliphatic hydroxyl groups excluding tert-OH is 1. The number of carbonyl (C=O) groups excluding carboxylic acids is 4. The minimum atomic E-state index is -1.11. The van der Waals surface area contributed by atoms with Crippen molar-refractivity contribution in [3.63, 3.8) is 0 Å². The lowest BCUT2D eigenvalue weighted by Crippen LogP contribution is -2.55. The Hall–Kier alpha value is -3.14. The predicted octanol–water partition coefficient (Wildman–Crippen LogP) is 2.78. The predicted molar refractivity (Wildman–Crippen MR) is 140 cm³/mol. The second-order valence-electron chi connectivity index (χ2n) is 10.2. The first-order valence-corrected chi connectivity index (χ1v) is 12.6. The monoisotopic (exact) mass is 521 g/mol. The van der Waals surface area contributed by atoms with Crippen LogP contribution in [0.2, 0.25) is 0 Å². The number of benzene rings is 1. The number of hydrogen-bond donors (Lipinski definition) is 3. The van der Waals surface area contributed by atoms with Crippen LogP contribution < -0.4 is 10.6 Å².